The van der Waals surface area contributed by atoms with Crippen LogP contribution < -0.4 is 10.5 Å². The van der Waals surface area contributed by atoms with Gasteiger partial charge in [0.25, 0.3) is 0 Å². The Balaban J connectivity index is 1.44. The van der Waals surface area contributed by atoms with E-state index in [1.54, 1.807) is 7.11 Å². The molecule has 4 rings (SSSR count). The minimum atomic E-state index is -0.763. The van der Waals surface area contributed by atoms with Gasteiger partial charge in [0.2, 0.25) is 5.82 Å². The van der Waals surface area contributed by atoms with Crippen LogP contribution >= 0.6 is 11.6 Å². The van der Waals surface area contributed by atoms with Gasteiger partial charge in [0.05, 0.1) is 17.8 Å². The Hall–Kier alpha value is -3.50. The molecule has 0 aliphatic heterocycles. The third-order valence-corrected chi connectivity index (χ3v) is 5.39. The Morgan fingerprint density at radius 1 is 1.15 bits per heavy atom. The summed E-state index contributed by atoms with van der Waals surface area (Å²) < 4.78 is 29.6. The van der Waals surface area contributed by atoms with Gasteiger partial charge >= 0.3 is 5.76 Å². The molecular formula is C22H21ClFN5O4. The van der Waals surface area contributed by atoms with Crippen molar-refractivity contribution in [1.82, 2.24) is 24.9 Å². The van der Waals surface area contributed by atoms with Crippen LogP contribution in [-0.2, 0) is 13.0 Å². The van der Waals surface area contributed by atoms with Crippen molar-refractivity contribution in [3.63, 3.8) is 0 Å². The molecule has 0 spiro atoms. The molecule has 0 saturated carbocycles. The van der Waals surface area contributed by atoms with Gasteiger partial charge in [-0.3, -0.25) is 4.52 Å². The molecule has 4 aromatic rings. The summed E-state index contributed by atoms with van der Waals surface area (Å²) >= 11 is 5.86. The zero-order valence-electron chi connectivity index (χ0n) is 18.0. The lowest BCUT2D eigenvalue weighted by molar-refractivity contribution is 0.299. The maximum Gasteiger partial charge on any atom is 0.446 e. The Bertz CT molecular complexity index is 1280. The molecule has 33 heavy (non-hydrogen) atoms. The minimum Gasteiger partial charge on any atom is -0.497 e. The predicted octanol–water partition coefficient (Wildman–Crippen LogP) is 3.74. The highest BCUT2D eigenvalue weighted by atomic mass is 35.5. The maximum absolute atomic E-state index is 13.5. The molecule has 0 unspecified atom stereocenters. The van der Waals surface area contributed by atoms with Crippen LogP contribution in [0.3, 0.4) is 0 Å². The number of halogens is 2. The van der Waals surface area contributed by atoms with E-state index in [1.807, 2.05) is 31.3 Å². The Labute approximate surface area is 193 Å². The van der Waals surface area contributed by atoms with Crippen molar-refractivity contribution < 1.29 is 18.3 Å². The molecule has 2 aromatic carbocycles. The zero-order valence-corrected chi connectivity index (χ0v) is 18.8. The smallest absolute Gasteiger partial charge is 0.446 e. The van der Waals surface area contributed by atoms with Crippen molar-refractivity contribution in [2.45, 2.75) is 19.4 Å². The third kappa shape index (κ3) is 5.12. The molecule has 0 saturated heterocycles. The minimum absolute atomic E-state index is 0.102. The van der Waals surface area contributed by atoms with Gasteiger partial charge in [-0.25, -0.2) is 18.4 Å². The third-order valence-electron chi connectivity index (χ3n) is 5.10. The van der Waals surface area contributed by atoms with Crippen molar-refractivity contribution in [2.24, 2.45) is 0 Å². The van der Waals surface area contributed by atoms with E-state index in [0.29, 0.717) is 12.1 Å². The summed E-state index contributed by atoms with van der Waals surface area (Å²) in [4.78, 5) is 14.4. The molecule has 11 heteroatoms. The summed E-state index contributed by atoms with van der Waals surface area (Å²) in [5.41, 5.74) is 2.27. The van der Waals surface area contributed by atoms with Crippen molar-refractivity contribution in [1.29, 1.82) is 0 Å². The first-order valence-electron chi connectivity index (χ1n) is 10.1. The topological polar surface area (TPSA) is 99.4 Å². The van der Waals surface area contributed by atoms with E-state index < -0.39 is 11.6 Å². The lowest BCUT2D eigenvalue weighted by Gasteiger charge is -2.16. The van der Waals surface area contributed by atoms with E-state index in [-0.39, 0.29) is 22.2 Å². The average Bonchev–Trinajstić information content (AvgIpc) is 3.42. The van der Waals surface area contributed by atoms with E-state index in [9.17, 15) is 9.18 Å². The fourth-order valence-electron chi connectivity index (χ4n) is 3.43. The summed E-state index contributed by atoms with van der Waals surface area (Å²) in [7, 11) is 3.67. The highest BCUT2D eigenvalue weighted by Gasteiger charge is 2.23. The normalized spacial score (nSPS) is 11.3. The first kappa shape index (κ1) is 22.7. The molecule has 0 bridgehead atoms. The molecule has 9 nitrogen and oxygen atoms in total. The highest BCUT2D eigenvalue weighted by molar-refractivity contribution is 6.30. The maximum atomic E-state index is 13.5. The van der Waals surface area contributed by atoms with Gasteiger partial charge in [-0.05, 0) is 67.5 Å². The van der Waals surface area contributed by atoms with Gasteiger partial charge < -0.3 is 9.64 Å². The number of hydrogen-bond donors (Lipinski definition) is 0. The number of aromatic nitrogens is 4. The summed E-state index contributed by atoms with van der Waals surface area (Å²) in [5.74, 6) is -0.443. The SMILES string of the molecule is COc1ccc(CN(C)CCCc2nonc2-c2noc(=O)n2-c2ccc(F)c(Cl)c2)cc1. The second-order valence-electron chi connectivity index (χ2n) is 7.45. The summed E-state index contributed by atoms with van der Waals surface area (Å²) in [6.07, 6.45) is 1.30. The molecule has 0 radical (unpaired) electrons. The monoisotopic (exact) mass is 473 g/mol. The molecule has 0 amide bonds. The van der Waals surface area contributed by atoms with E-state index in [4.69, 9.17) is 25.5 Å². The fraction of sp³-hybridized carbons (Fsp3) is 0.273. The average molecular weight is 474 g/mol. The summed E-state index contributed by atoms with van der Waals surface area (Å²) in [6.45, 7) is 1.57. The molecule has 0 aliphatic rings. The van der Waals surface area contributed by atoms with E-state index in [0.717, 1.165) is 35.9 Å². The molecule has 0 N–H and O–H groups in total. The number of hydrogen-bond acceptors (Lipinski definition) is 8. The Morgan fingerprint density at radius 3 is 2.67 bits per heavy atom. The zero-order chi connectivity index (χ0) is 23.4. The van der Waals surface area contributed by atoms with Crippen LogP contribution in [0.2, 0.25) is 5.02 Å². The first-order chi connectivity index (χ1) is 16.0. The number of rotatable bonds is 9. The van der Waals surface area contributed by atoms with Gasteiger partial charge in [0.1, 0.15) is 17.3 Å². The first-order valence-corrected chi connectivity index (χ1v) is 10.5. The van der Waals surface area contributed by atoms with Gasteiger partial charge in [0.15, 0.2) is 5.69 Å². The molecule has 0 aliphatic carbocycles. The standard InChI is InChI=1S/C22H21ClFN5O4/c1-28(13-14-5-8-16(31-2)9-6-14)11-3-4-19-20(26-33-25-19)21-27-32-22(30)29(21)15-7-10-18(24)17(23)12-15/h5-10,12H,3-4,11,13H2,1-2H3. The van der Waals surface area contributed by atoms with Crippen LogP contribution in [0, 0.1) is 5.82 Å². The molecule has 0 atom stereocenters. The highest BCUT2D eigenvalue weighted by Crippen LogP contribution is 2.24. The van der Waals surface area contributed by atoms with Gasteiger partial charge in [0, 0.05) is 6.54 Å². The van der Waals surface area contributed by atoms with Crippen LogP contribution in [0.4, 0.5) is 4.39 Å². The molecule has 172 valence electrons. The lowest BCUT2D eigenvalue weighted by Crippen LogP contribution is -2.19. The van der Waals surface area contributed by atoms with Gasteiger partial charge in [-0.1, -0.05) is 34.0 Å². The van der Waals surface area contributed by atoms with Crippen LogP contribution in [0.5, 0.6) is 5.75 Å². The number of nitrogens with zero attached hydrogens (tertiary/aromatic N) is 5. The van der Waals surface area contributed by atoms with Crippen molar-refractivity contribution in [3.8, 4) is 23.0 Å². The summed E-state index contributed by atoms with van der Waals surface area (Å²) in [6, 6.07) is 11.8. The van der Waals surface area contributed by atoms with Crippen molar-refractivity contribution in [3.05, 3.63) is 75.1 Å². The summed E-state index contributed by atoms with van der Waals surface area (Å²) in [5, 5.41) is 11.6. The lowest BCUT2D eigenvalue weighted by atomic mass is 10.1. The van der Waals surface area contributed by atoms with Crippen LogP contribution in [0.25, 0.3) is 17.2 Å². The van der Waals surface area contributed by atoms with Crippen molar-refractivity contribution in [2.75, 3.05) is 20.7 Å². The van der Waals surface area contributed by atoms with E-state index in [1.165, 1.54) is 17.7 Å². The molecule has 0 fully saturated rings. The van der Waals surface area contributed by atoms with Crippen LogP contribution in [0.15, 0.2) is 56.4 Å². The second-order valence-corrected chi connectivity index (χ2v) is 7.86. The number of aryl methyl sites for hydroxylation is 1. The van der Waals surface area contributed by atoms with E-state index in [2.05, 4.69) is 20.4 Å². The van der Waals surface area contributed by atoms with E-state index >= 15 is 0 Å². The molecular weight excluding hydrogens is 453 g/mol. The molecule has 2 heterocycles. The number of ether oxygens (including phenoxy) is 1. The fourth-order valence-corrected chi connectivity index (χ4v) is 3.60. The Kier molecular flexibility index (Phi) is 6.85. The second kappa shape index (κ2) is 9.97. The Morgan fingerprint density at radius 2 is 1.94 bits per heavy atom. The number of benzene rings is 2. The molecule has 2 aromatic heterocycles. The number of methoxy groups -OCH3 is 1. The van der Waals surface area contributed by atoms with Crippen molar-refractivity contribution >= 4 is 11.6 Å². The van der Waals surface area contributed by atoms with Crippen LogP contribution in [0.1, 0.15) is 17.7 Å². The predicted molar refractivity (Wildman–Crippen MR) is 118 cm³/mol. The van der Waals surface area contributed by atoms with Gasteiger partial charge in [-0.2, -0.15) is 0 Å². The van der Waals surface area contributed by atoms with Gasteiger partial charge in [-0.15, -0.1) is 0 Å². The quantitative estimate of drug-likeness (QED) is 0.362. The van der Waals surface area contributed by atoms with Crippen LogP contribution in [-0.4, -0.2) is 45.6 Å². The largest absolute Gasteiger partial charge is 0.497 e.